The van der Waals surface area contributed by atoms with Gasteiger partial charge < -0.3 is 11.5 Å². The molecule has 0 fully saturated rings. The van der Waals surface area contributed by atoms with Gasteiger partial charge in [-0.05, 0) is 18.2 Å². The van der Waals surface area contributed by atoms with Gasteiger partial charge in [0.25, 0.3) is 0 Å². The summed E-state index contributed by atoms with van der Waals surface area (Å²) < 4.78 is 0. The van der Waals surface area contributed by atoms with E-state index in [1.165, 1.54) is 0 Å². The lowest BCUT2D eigenvalue weighted by Crippen LogP contribution is -2.05. The largest absolute Gasteiger partial charge is 0.398 e. The first-order valence-electron chi connectivity index (χ1n) is 6.40. The molecule has 0 unspecified atom stereocenters. The molecule has 0 amide bonds. The molecule has 0 saturated heterocycles. The minimum atomic E-state index is -0.0921. The van der Waals surface area contributed by atoms with E-state index in [-0.39, 0.29) is 5.78 Å². The number of ketones is 1. The number of hydrogen-bond acceptors (Lipinski definition) is 3. The van der Waals surface area contributed by atoms with Crippen molar-refractivity contribution in [1.29, 1.82) is 0 Å². The minimum absolute atomic E-state index is 0.0921. The first-order chi connectivity index (χ1) is 9.72. The van der Waals surface area contributed by atoms with Gasteiger partial charge in [0, 0.05) is 35.3 Å². The minimum Gasteiger partial charge on any atom is -0.398 e. The number of anilines is 1. The molecular weight excluding hydrogens is 248 g/mol. The maximum Gasteiger partial charge on any atom is 0.195 e. The predicted octanol–water partition coefficient (Wildman–Crippen LogP) is 2.20. The molecule has 100 valence electrons. The average molecular weight is 264 g/mol. The summed E-state index contributed by atoms with van der Waals surface area (Å²) in [7, 11) is 0. The number of nitrogen functional groups attached to an aromatic ring is 1. The summed E-state index contributed by atoms with van der Waals surface area (Å²) in [6, 6.07) is 14.3. The van der Waals surface area contributed by atoms with Crippen LogP contribution in [0.2, 0.25) is 0 Å². The first kappa shape index (κ1) is 13.9. The summed E-state index contributed by atoms with van der Waals surface area (Å²) in [6.45, 7) is 0.526. The molecule has 3 nitrogen and oxygen atoms in total. The summed E-state index contributed by atoms with van der Waals surface area (Å²) in [4.78, 5) is 12.4. The third-order valence-corrected chi connectivity index (χ3v) is 2.84. The Bertz CT molecular complexity index is 666. The zero-order valence-electron chi connectivity index (χ0n) is 11.1. The van der Waals surface area contributed by atoms with Crippen molar-refractivity contribution in [2.45, 2.75) is 6.42 Å². The molecule has 0 heterocycles. The standard InChI is InChI=1S/C17H16N2O/c18-11-5-4-6-13-9-10-16(19)15(12-13)17(20)14-7-2-1-3-8-14/h1-3,7-10,12H,5,11,18-19H2. The molecule has 0 aromatic heterocycles. The Morgan fingerprint density at radius 3 is 2.55 bits per heavy atom. The summed E-state index contributed by atoms with van der Waals surface area (Å²) in [5.41, 5.74) is 13.6. The molecule has 0 bridgehead atoms. The molecule has 0 radical (unpaired) electrons. The van der Waals surface area contributed by atoms with E-state index in [1.54, 1.807) is 30.3 Å². The summed E-state index contributed by atoms with van der Waals surface area (Å²) in [6.07, 6.45) is 0.631. The smallest absolute Gasteiger partial charge is 0.195 e. The number of rotatable bonds is 3. The van der Waals surface area contributed by atoms with Crippen LogP contribution in [0.15, 0.2) is 48.5 Å². The molecule has 20 heavy (non-hydrogen) atoms. The number of carbonyl (C=O) groups excluding carboxylic acids is 1. The van der Waals surface area contributed by atoms with Crippen molar-refractivity contribution in [2.75, 3.05) is 12.3 Å². The van der Waals surface area contributed by atoms with Gasteiger partial charge in [-0.1, -0.05) is 42.2 Å². The van der Waals surface area contributed by atoms with Gasteiger partial charge in [0.1, 0.15) is 0 Å². The Morgan fingerprint density at radius 2 is 1.85 bits per heavy atom. The van der Waals surface area contributed by atoms with Gasteiger partial charge in [0.2, 0.25) is 0 Å². The SMILES string of the molecule is NCCC#Cc1ccc(N)c(C(=O)c2ccccc2)c1. The lowest BCUT2D eigenvalue weighted by molar-refractivity contribution is 0.103. The Balaban J connectivity index is 2.35. The van der Waals surface area contributed by atoms with Crippen molar-refractivity contribution >= 4 is 11.5 Å². The van der Waals surface area contributed by atoms with Gasteiger partial charge in [-0.25, -0.2) is 0 Å². The van der Waals surface area contributed by atoms with Gasteiger partial charge >= 0.3 is 0 Å². The Labute approximate surface area is 118 Å². The lowest BCUT2D eigenvalue weighted by atomic mass is 10.00. The highest BCUT2D eigenvalue weighted by atomic mass is 16.1. The van der Waals surface area contributed by atoms with Gasteiger partial charge in [0.15, 0.2) is 5.78 Å². The number of hydrogen-bond donors (Lipinski definition) is 2. The van der Waals surface area contributed by atoms with Crippen molar-refractivity contribution in [1.82, 2.24) is 0 Å². The Morgan fingerprint density at radius 1 is 1.10 bits per heavy atom. The molecule has 0 atom stereocenters. The van der Waals surface area contributed by atoms with Gasteiger partial charge in [-0.15, -0.1) is 0 Å². The van der Waals surface area contributed by atoms with Gasteiger partial charge in [0.05, 0.1) is 0 Å². The second-order valence-electron chi connectivity index (χ2n) is 4.34. The van der Waals surface area contributed by atoms with E-state index < -0.39 is 0 Å². The van der Waals surface area contributed by atoms with Crippen LogP contribution in [0.4, 0.5) is 5.69 Å². The molecule has 0 aliphatic carbocycles. The maximum absolute atomic E-state index is 12.4. The van der Waals surface area contributed by atoms with Crippen LogP contribution in [0, 0.1) is 11.8 Å². The average Bonchev–Trinajstić information content (AvgIpc) is 2.49. The van der Waals surface area contributed by atoms with E-state index in [2.05, 4.69) is 11.8 Å². The zero-order valence-corrected chi connectivity index (χ0v) is 11.1. The van der Waals surface area contributed by atoms with Crippen molar-refractivity contribution in [3.63, 3.8) is 0 Å². The zero-order chi connectivity index (χ0) is 14.4. The van der Waals surface area contributed by atoms with E-state index in [0.717, 1.165) is 5.56 Å². The highest BCUT2D eigenvalue weighted by molar-refractivity contribution is 6.12. The molecule has 0 saturated carbocycles. The van der Waals surface area contributed by atoms with Crippen LogP contribution in [0.3, 0.4) is 0 Å². The molecule has 2 aromatic carbocycles. The molecular formula is C17H16N2O. The topological polar surface area (TPSA) is 69.1 Å². The third-order valence-electron chi connectivity index (χ3n) is 2.84. The lowest BCUT2D eigenvalue weighted by Gasteiger charge is -2.05. The van der Waals surface area contributed by atoms with Gasteiger partial charge in [-0.2, -0.15) is 0 Å². The van der Waals surface area contributed by atoms with Crippen LogP contribution in [0.5, 0.6) is 0 Å². The Hall–Kier alpha value is -2.57. The monoisotopic (exact) mass is 264 g/mol. The van der Waals surface area contributed by atoms with E-state index in [4.69, 9.17) is 11.5 Å². The number of carbonyl (C=O) groups is 1. The number of nitrogens with two attached hydrogens (primary N) is 2. The van der Waals surface area contributed by atoms with E-state index >= 15 is 0 Å². The normalized spacial score (nSPS) is 9.65. The highest BCUT2D eigenvalue weighted by Gasteiger charge is 2.12. The van der Waals surface area contributed by atoms with E-state index in [0.29, 0.717) is 29.8 Å². The first-order valence-corrected chi connectivity index (χ1v) is 6.40. The van der Waals surface area contributed by atoms with Crippen LogP contribution in [0.1, 0.15) is 27.9 Å². The summed E-state index contributed by atoms with van der Waals surface area (Å²) >= 11 is 0. The molecule has 0 aliphatic heterocycles. The van der Waals surface area contributed by atoms with Crippen LogP contribution in [0.25, 0.3) is 0 Å². The number of benzene rings is 2. The molecule has 0 aliphatic rings. The van der Waals surface area contributed by atoms with Crippen molar-refractivity contribution in [3.8, 4) is 11.8 Å². The fourth-order valence-corrected chi connectivity index (χ4v) is 1.81. The molecule has 2 aromatic rings. The summed E-state index contributed by atoms with van der Waals surface area (Å²) in [5.74, 6) is 5.84. The van der Waals surface area contributed by atoms with Crippen LogP contribution >= 0.6 is 0 Å². The van der Waals surface area contributed by atoms with E-state index in [9.17, 15) is 4.79 Å². The van der Waals surface area contributed by atoms with E-state index in [1.807, 2.05) is 18.2 Å². The van der Waals surface area contributed by atoms with Crippen LogP contribution in [-0.4, -0.2) is 12.3 Å². The summed E-state index contributed by atoms with van der Waals surface area (Å²) in [5, 5.41) is 0. The molecule has 0 spiro atoms. The second-order valence-corrected chi connectivity index (χ2v) is 4.34. The maximum atomic E-state index is 12.4. The predicted molar refractivity (Wildman–Crippen MR) is 81.3 cm³/mol. The van der Waals surface area contributed by atoms with Crippen molar-refractivity contribution < 1.29 is 4.79 Å². The fraction of sp³-hybridized carbons (Fsp3) is 0.118. The molecule has 4 N–H and O–H groups in total. The molecule has 2 rings (SSSR count). The van der Waals surface area contributed by atoms with Crippen LogP contribution < -0.4 is 11.5 Å². The Kier molecular flexibility index (Phi) is 4.54. The third kappa shape index (κ3) is 3.25. The van der Waals surface area contributed by atoms with Crippen molar-refractivity contribution in [3.05, 3.63) is 65.2 Å². The molecule has 3 heteroatoms. The van der Waals surface area contributed by atoms with Gasteiger partial charge in [-0.3, -0.25) is 4.79 Å². The quantitative estimate of drug-likeness (QED) is 0.507. The fourth-order valence-electron chi connectivity index (χ4n) is 1.81. The second kappa shape index (κ2) is 6.55. The van der Waals surface area contributed by atoms with Crippen LogP contribution in [-0.2, 0) is 0 Å². The van der Waals surface area contributed by atoms with Crippen molar-refractivity contribution in [2.24, 2.45) is 5.73 Å². The highest BCUT2D eigenvalue weighted by Crippen LogP contribution is 2.18.